The van der Waals surface area contributed by atoms with Crippen LogP contribution in [0.3, 0.4) is 0 Å². The van der Waals surface area contributed by atoms with Crippen LogP contribution in [0.2, 0.25) is 0 Å². The van der Waals surface area contributed by atoms with E-state index in [1.165, 1.54) is 0 Å². The minimum atomic E-state index is 0.694. The molecule has 0 spiro atoms. The molecule has 0 aliphatic heterocycles. The Bertz CT molecular complexity index is 500. The van der Waals surface area contributed by atoms with Gasteiger partial charge < -0.3 is 0 Å². The van der Waals surface area contributed by atoms with Crippen molar-refractivity contribution in [3.8, 4) is 11.1 Å². The van der Waals surface area contributed by atoms with Crippen LogP contribution < -0.4 is 0 Å². The van der Waals surface area contributed by atoms with E-state index in [0.717, 1.165) is 23.0 Å². The number of aldehydes is 1. The zero-order valence-electron chi connectivity index (χ0n) is 8.77. The first-order chi connectivity index (χ1) is 7.20. The van der Waals surface area contributed by atoms with Crippen LogP contribution in [-0.2, 0) is 7.05 Å². The molecule has 3 heteroatoms. The molecule has 1 aromatic carbocycles. The SMILES string of the molecule is Cc1ccc(C=O)cc1-c1cnn(C)c1. The highest BCUT2D eigenvalue weighted by Crippen LogP contribution is 2.23. The Morgan fingerprint density at radius 3 is 2.80 bits per heavy atom. The maximum absolute atomic E-state index is 10.7. The minimum Gasteiger partial charge on any atom is -0.298 e. The van der Waals surface area contributed by atoms with Crippen LogP contribution >= 0.6 is 0 Å². The molecular weight excluding hydrogens is 188 g/mol. The second-order valence-electron chi connectivity index (χ2n) is 3.59. The Kier molecular flexibility index (Phi) is 2.37. The van der Waals surface area contributed by atoms with Gasteiger partial charge in [-0.25, -0.2) is 0 Å². The Labute approximate surface area is 88.4 Å². The predicted molar refractivity (Wildman–Crippen MR) is 58.8 cm³/mol. The molecule has 0 bridgehead atoms. The fourth-order valence-corrected chi connectivity index (χ4v) is 1.58. The maximum atomic E-state index is 10.7. The van der Waals surface area contributed by atoms with E-state index in [-0.39, 0.29) is 0 Å². The molecule has 0 unspecified atom stereocenters. The molecule has 0 radical (unpaired) electrons. The Morgan fingerprint density at radius 2 is 2.20 bits per heavy atom. The van der Waals surface area contributed by atoms with Crippen LogP contribution in [0, 0.1) is 6.92 Å². The van der Waals surface area contributed by atoms with Crippen molar-refractivity contribution in [3.05, 3.63) is 41.7 Å². The number of carbonyl (C=O) groups is 1. The topological polar surface area (TPSA) is 34.9 Å². The van der Waals surface area contributed by atoms with Gasteiger partial charge in [-0.1, -0.05) is 12.1 Å². The number of aromatic nitrogens is 2. The Morgan fingerprint density at radius 1 is 1.40 bits per heavy atom. The second kappa shape index (κ2) is 3.69. The summed E-state index contributed by atoms with van der Waals surface area (Å²) in [5.41, 5.74) is 3.94. The van der Waals surface area contributed by atoms with Gasteiger partial charge in [0.05, 0.1) is 6.20 Å². The summed E-state index contributed by atoms with van der Waals surface area (Å²) >= 11 is 0. The standard InChI is InChI=1S/C12H12N2O/c1-9-3-4-10(8-15)5-12(9)11-6-13-14(2)7-11/h3-8H,1-2H3. The molecule has 0 N–H and O–H groups in total. The van der Waals surface area contributed by atoms with E-state index < -0.39 is 0 Å². The van der Waals surface area contributed by atoms with Gasteiger partial charge >= 0.3 is 0 Å². The first-order valence-corrected chi connectivity index (χ1v) is 4.75. The summed E-state index contributed by atoms with van der Waals surface area (Å²) in [6.45, 7) is 2.02. The third-order valence-electron chi connectivity index (χ3n) is 2.41. The normalized spacial score (nSPS) is 10.3. The van der Waals surface area contributed by atoms with Crippen LogP contribution in [0.1, 0.15) is 15.9 Å². The number of aryl methyl sites for hydroxylation is 2. The van der Waals surface area contributed by atoms with Crippen molar-refractivity contribution in [2.45, 2.75) is 6.92 Å². The lowest BCUT2D eigenvalue weighted by molar-refractivity contribution is 0.112. The number of carbonyl (C=O) groups excluding carboxylic acids is 1. The van der Waals surface area contributed by atoms with Crippen molar-refractivity contribution >= 4 is 6.29 Å². The van der Waals surface area contributed by atoms with E-state index in [1.54, 1.807) is 10.9 Å². The van der Waals surface area contributed by atoms with Crippen LogP contribution in [0.25, 0.3) is 11.1 Å². The first-order valence-electron chi connectivity index (χ1n) is 4.75. The molecular formula is C12H12N2O. The molecule has 0 saturated heterocycles. The van der Waals surface area contributed by atoms with Gasteiger partial charge in [0.15, 0.2) is 0 Å². The fourth-order valence-electron chi connectivity index (χ4n) is 1.58. The van der Waals surface area contributed by atoms with E-state index in [1.807, 2.05) is 38.4 Å². The highest BCUT2D eigenvalue weighted by atomic mass is 16.1. The molecule has 0 fully saturated rings. The molecule has 0 aliphatic rings. The van der Waals surface area contributed by atoms with Gasteiger partial charge in [0.1, 0.15) is 6.29 Å². The van der Waals surface area contributed by atoms with Crippen LogP contribution in [0.5, 0.6) is 0 Å². The molecule has 15 heavy (non-hydrogen) atoms. The van der Waals surface area contributed by atoms with E-state index >= 15 is 0 Å². The number of nitrogens with zero attached hydrogens (tertiary/aromatic N) is 2. The molecule has 0 amide bonds. The van der Waals surface area contributed by atoms with E-state index in [0.29, 0.717) is 5.56 Å². The fraction of sp³-hybridized carbons (Fsp3) is 0.167. The van der Waals surface area contributed by atoms with Gasteiger partial charge in [0.25, 0.3) is 0 Å². The van der Waals surface area contributed by atoms with E-state index in [2.05, 4.69) is 5.10 Å². The Hall–Kier alpha value is -1.90. The van der Waals surface area contributed by atoms with Crippen molar-refractivity contribution in [1.29, 1.82) is 0 Å². The van der Waals surface area contributed by atoms with Crippen LogP contribution in [0.15, 0.2) is 30.6 Å². The van der Waals surface area contributed by atoms with Gasteiger partial charge in [-0.2, -0.15) is 5.10 Å². The summed E-state index contributed by atoms with van der Waals surface area (Å²) in [5.74, 6) is 0. The van der Waals surface area contributed by atoms with Crippen LogP contribution in [0.4, 0.5) is 0 Å². The second-order valence-corrected chi connectivity index (χ2v) is 3.59. The molecule has 1 heterocycles. The van der Waals surface area contributed by atoms with Gasteiger partial charge in [-0.15, -0.1) is 0 Å². The lowest BCUT2D eigenvalue weighted by Gasteiger charge is -2.03. The van der Waals surface area contributed by atoms with Crippen molar-refractivity contribution in [3.63, 3.8) is 0 Å². The van der Waals surface area contributed by atoms with E-state index in [4.69, 9.17) is 0 Å². The van der Waals surface area contributed by atoms with Crippen LogP contribution in [-0.4, -0.2) is 16.1 Å². The van der Waals surface area contributed by atoms with Crippen molar-refractivity contribution in [1.82, 2.24) is 9.78 Å². The third kappa shape index (κ3) is 1.81. The summed E-state index contributed by atoms with van der Waals surface area (Å²) in [6.07, 6.45) is 4.60. The smallest absolute Gasteiger partial charge is 0.150 e. The van der Waals surface area contributed by atoms with E-state index in [9.17, 15) is 4.79 Å². The molecule has 2 aromatic rings. The quantitative estimate of drug-likeness (QED) is 0.696. The largest absolute Gasteiger partial charge is 0.298 e. The Balaban J connectivity index is 2.55. The highest BCUT2D eigenvalue weighted by molar-refractivity contribution is 5.79. The number of benzene rings is 1. The number of rotatable bonds is 2. The molecule has 0 saturated carbocycles. The molecule has 0 aliphatic carbocycles. The summed E-state index contributed by atoms with van der Waals surface area (Å²) in [6, 6.07) is 5.66. The zero-order chi connectivity index (χ0) is 10.8. The third-order valence-corrected chi connectivity index (χ3v) is 2.41. The van der Waals surface area contributed by atoms with Crippen molar-refractivity contribution < 1.29 is 4.79 Å². The maximum Gasteiger partial charge on any atom is 0.150 e. The van der Waals surface area contributed by atoms with Gasteiger partial charge in [0.2, 0.25) is 0 Å². The van der Waals surface area contributed by atoms with Gasteiger partial charge in [0, 0.05) is 24.4 Å². The predicted octanol–water partition coefficient (Wildman–Crippen LogP) is 2.21. The molecule has 3 nitrogen and oxygen atoms in total. The van der Waals surface area contributed by atoms with Crippen molar-refractivity contribution in [2.75, 3.05) is 0 Å². The first kappa shape index (κ1) is 9.65. The molecule has 2 rings (SSSR count). The zero-order valence-corrected chi connectivity index (χ0v) is 8.77. The summed E-state index contributed by atoms with van der Waals surface area (Å²) in [4.78, 5) is 10.7. The minimum absolute atomic E-state index is 0.694. The summed E-state index contributed by atoms with van der Waals surface area (Å²) < 4.78 is 1.75. The summed E-state index contributed by atoms with van der Waals surface area (Å²) in [5, 5.41) is 4.12. The van der Waals surface area contributed by atoms with Crippen molar-refractivity contribution in [2.24, 2.45) is 7.05 Å². The highest BCUT2D eigenvalue weighted by Gasteiger charge is 2.04. The average molecular weight is 200 g/mol. The molecule has 76 valence electrons. The lowest BCUT2D eigenvalue weighted by atomic mass is 10.0. The number of hydrogen-bond donors (Lipinski definition) is 0. The molecule has 0 atom stereocenters. The number of hydrogen-bond acceptors (Lipinski definition) is 2. The average Bonchev–Trinajstić information content (AvgIpc) is 2.65. The molecule has 1 aromatic heterocycles. The van der Waals surface area contributed by atoms with Gasteiger partial charge in [-0.3, -0.25) is 9.48 Å². The lowest BCUT2D eigenvalue weighted by Crippen LogP contribution is -1.86. The monoisotopic (exact) mass is 200 g/mol. The van der Waals surface area contributed by atoms with Gasteiger partial charge in [-0.05, 0) is 24.1 Å². The summed E-state index contributed by atoms with van der Waals surface area (Å²) in [7, 11) is 1.88.